The van der Waals surface area contributed by atoms with Gasteiger partial charge in [-0.05, 0) is 12.1 Å². The fourth-order valence-electron chi connectivity index (χ4n) is 1.85. The number of aliphatic hydroxyl groups is 1. The molecule has 0 spiro atoms. The first kappa shape index (κ1) is 13.1. The number of carbonyl (C=O) groups is 1. The molecule has 6 heteroatoms. The Hall–Kier alpha value is -1.37. The molecule has 0 bridgehead atoms. The first-order valence-electron chi connectivity index (χ1n) is 5.83. The maximum Gasteiger partial charge on any atom is 0.289 e. The van der Waals surface area contributed by atoms with Gasteiger partial charge in [-0.3, -0.25) is 4.79 Å². The van der Waals surface area contributed by atoms with E-state index in [9.17, 15) is 9.90 Å². The van der Waals surface area contributed by atoms with E-state index in [0.717, 1.165) is 0 Å². The number of furan rings is 1. The molecule has 0 radical (unpaired) electrons. The smallest absolute Gasteiger partial charge is 0.289 e. The maximum absolute atomic E-state index is 12.1. The predicted molar refractivity (Wildman–Crippen MR) is 62.2 cm³/mol. The van der Waals surface area contributed by atoms with Gasteiger partial charge in [0, 0.05) is 20.2 Å². The molecule has 1 aromatic rings. The lowest BCUT2D eigenvalue weighted by Crippen LogP contribution is -2.37. The fourth-order valence-corrected chi connectivity index (χ4v) is 1.85. The Balaban J connectivity index is 2.04. The van der Waals surface area contributed by atoms with E-state index in [1.807, 2.05) is 0 Å². The van der Waals surface area contributed by atoms with Crippen molar-refractivity contribution in [3.63, 3.8) is 0 Å². The van der Waals surface area contributed by atoms with Crippen molar-refractivity contribution in [1.82, 2.24) is 4.90 Å². The van der Waals surface area contributed by atoms with E-state index in [2.05, 4.69) is 0 Å². The third-order valence-electron chi connectivity index (χ3n) is 2.69. The number of aliphatic hydroxyl groups excluding tert-OH is 1. The number of ether oxygens (including phenoxy) is 2. The van der Waals surface area contributed by atoms with Gasteiger partial charge in [-0.1, -0.05) is 0 Å². The highest BCUT2D eigenvalue weighted by atomic mass is 16.5. The van der Waals surface area contributed by atoms with E-state index in [0.29, 0.717) is 25.5 Å². The Labute approximate surface area is 105 Å². The zero-order chi connectivity index (χ0) is 13.0. The standard InChI is InChI=1S/C12H17NO5/c1-16-8-10-2-3-11(18-10)12(15)13-4-5-17-7-9(14)6-13/h2-3,9,14H,4-8H2,1H3. The van der Waals surface area contributed by atoms with Crippen LogP contribution in [0.5, 0.6) is 0 Å². The summed E-state index contributed by atoms with van der Waals surface area (Å²) in [5.41, 5.74) is 0. The zero-order valence-electron chi connectivity index (χ0n) is 10.3. The number of hydrogen-bond acceptors (Lipinski definition) is 5. The lowest BCUT2D eigenvalue weighted by molar-refractivity contribution is 0.0524. The monoisotopic (exact) mass is 255 g/mol. The molecule has 1 amide bonds. The van der Waals surface area contributed by atoms with Gasteiger partial charge >= 0.3 is 0 Å². The number of nitrogens with zero attached hydrogens (tertiary/aromatic N) is 1. The van der Waals surface area contributed by atoms with Crippen molar-refractivity contribution in [2.24, 2.45) is 0 Å². The summed E-state index contributed by atoms with van der Waals surface area (Å²) in [4.78, 5) is 13.7. The average Bonchev–Trinajstić information content (AvgIpc) is 2.70. The van der Waals surface area contributed by atoms with Gasteiger partial charge in [0.1, 0.15) is 12.4 Å². The topological polar surface area (TPSA) is 72.1 Å². The summed E-state index contributed by atoms with van der Waals surface area (Å²) in [6, 6.07) is 3.33. The summed E-state index contributed by atoms with van der Waals surface area (Å²) in [6.07, 6.45) is -0.648. The Morgan fingerprint density at radius 2 is 2.44 bits per heavy atom. The minimum absolute atomic E-state index is 0.234. The lowest BCUT2D eigenvalue weighted by Gasteiger charge is -2.19. The highest BCUT2D eigenvalue weighted by molar-refractivity contribution is 5.91. The third-order valence-corrected chi connectivity index (χ3v) is 2.69. The second-order valence-electron chi connectivity index (χ2n) is 4.18. The molecular weight excluding hydrogens is 238 g/mol. The summed E-state index contributed by atoms with van der Waals surface area (Å²) in [7, 11) is 1.56. The van der Waals surface area contributed by atoms with Crippen LogP contribution in [-0.4, -0.2) is 55.4 Å². The van der Waals surface area contributed by atoms with Crippen LogP contribution in [0.25, 0.3) is 0 Å². The van der Waals surface area contributed by atoms with Crippen molar-refractivity contribution in [3.05, 3.63) is 23.7 Å². The third kappa shape index (κ3) is 3.10. The molecule has 1 aromatic heterocycles. The van der Waals surface area contributed by atoms with Crippen molar-refractivity contribution in [1.29, 1.82) is 0 Å². The molecule has 6 nitrogen and oxygen atoms in total. The highest BCUT2D eigenvalue weighted by Crippen LogP contribution is 2.13. The molecule has 2 heterocycles. The average molecular weight is 255 g/mol. The highest BCUT2D eigenvalue weighted by Gasteiger charge is 2.24. The Morgan fingerprint density at radius 3 is 3.22 bits per heavy atom. The number of carbonyl (C=O) groups excluding carboxylic acids is 1. The molecule has 1 fully saturated rings. The van der Waals surface area contributed by atoms with Gasteiger partial charge in [0.15, 0.2) is 5.76 Å². The van der Waals surface area contributed by atoms with Crippen LogP contribution in [-0.2, 0) is 16.1 Å². The molecule has 0 saturated carbocycles. The number of rotatable bonds is 3. The second-order valence-corrected chi connectivity index (χ2v) is 4.18. The van der Waals surface area contributed by atoms with Crippen LogP contribution < -0.4 is 0 Å². The zero-order valence-corrected chi connectivity index (χ0v) is 10.3. The second kappa shape index (κ2) is 5.99. The van der Waals surface area contributed by atoms with Crippen molar-refractivity contribution >= 4 is 5.91 Å². The van der Waals surface area contributed by atoms with Crippen LogP contribution in [0.15, 0.2) is 16.5 Å². The first-order chi connectivity index (χ1) is 8.70. The first-order valence-corrected chi connectivity index (χ1v) is 5.83. The molecule has 1 N–H and O–H groups in total. The largest absolute Gasteiger partial charge is 0.453 e. The van der Waals surface area contributed by atoms with Gasteiger partial charge in [0.2, 0.25) is 0 Å². The van der Waals surface area contributed by atoms with Gasteiger partial charge in [-0.25, -0.2) is 0 Å². The summed E-state index contributed by atoms with van der Waals surface area (Å²) in [5, 5.41) is 9.58. The minimum Gasteiger partial charge on any atom is -0.453 e. The molecule has 100 valence electrons. The van der Waals surface area contributed by atoms with E-state index in [-0.39, 0.29) is 24.8 Å². The summed E-state index contributed by atoms with van der Waals surface area (Å²) >= 11 is 0. The van der Waals surface area contributed by atoms with E-state index in [1.165, 1.54) is 4.90 Å². The SMILES string of the molecule is COCc1ccc(C(=O)N2CCOCC(O)C2)o1. The normalized spacial score (nSPS) is 20.8. The van der Waals surface area contributed by atoms with Gasteiger partial charge < -0.3 is 23.9 Å². The summed E-state index contributed by atoms with van der Waals surface area (Å²) in [5.74, 6) is 0.630. The molecule has 1 aliphatic heterocycles. The van der Waals surface area contributed by atoms with E-state index >= 15 is 0 Å². The van der Waals surface area contributed by atoms with Crippen molar-refractivity contribution in [3.8, 4) is 0 Å². The minimum atomic E-state index is -0.648. The fraction of sp³-hybridized carbons (Fsp3) is 0.583. The quantitative estimate of drug-likeness (QED) is 0.838. The molecule has 1 aliphatic rings. The van der Waals surface area contributed by atoms with Crippen molar-refractivity contribution in [2.75, 3.05) is 33.4 Å². The summed E-state index contributed by atoms with van der Waals surface area (Å²) in [6.45, 7) is 1.74. The molecule has 1 unspecified atom stereocenters. The number of hydrogen-bond donors (Lipinski definition) is 1. The van der Waals surface area contributed by atoms with Crippen LogP contribution in [0.2, 0.25) is 0 Å². The van der Waals surface area contributed by atoms with Crippen LogP contribution in [0.4, 0.5) is 0 Å². The molecule has 0 aromatic carbocycles. The van der Waals surface area contributed by atoms with Crippen LogP contribution in [0, 0.1) is 0 Å². The molecular formula is C12H17NO5. The Bertz CT molecular complexity index is 403. The van der Waals surface area contributed by atoms with Crippen molar-refractivity contribution < 1.29 is 23.8 Å². The van der Waals surface area contributed by atoms with Gasteiger partial charge in [0.25, 0.3) is 5.91 Å². The van der Waals surface area contributed by atoms with Gasteiger partial charge in [-0.2, -0.15) is 0 Å². The molecule has 0 aliphatic carbocycles. The number of methoxy groups -OCH3 is 1. The van der Waals surface area contributed by atoms with E-state index in [1.54, 1.807) is 19.2 Å². The maximum atomic E-state index is 12.1. The van der Waals surface area contributed by atoms with E-state index in [4.69, 9.17) is 13.9 Å². The van der Waals surface area contributed by atoms with Gasteiger partial charge in [0.05, 0.1) is 19.3 Å². The molecule has 1 saturated heterocycles. The predicted octanol–water partition coefficient (Wildman–Crippen LogP) is 0.259. The Kier molecular flexibility index (Phi) is 4.35. The molecule has 2 rings (SSSR count). The molecule has 1 atom stereocenters. The van der Waals surface area contributed by atoms with Crippen LogP contribution in [0.1, 0.15) is 16.3 Å². The molecule has 18 heavy (non-hydrogen) atoms. The van der Waals surface area contributed by atoms with Crippen LogP contribution >= 0.6 is 0 Å². The van der Waals surface area contributed by atoms with E-state index < -0.39 is 6.10 Å². The summed E-state index contributed by atoms with van der Waals surface area (Å²) < 4.78 is 15.5. The van der Waals surface area contributed by atoms with Crippen LogP contribution in [0.3, 0.4) is 0 Å². The van der Waals surface area contributed by atoms with Crippen molar-refractivity contribution in [2.45, 2.75) is 12.7 Å². The number of amides is 1. The number of β-amino-alcohol motifs (C(OH)–C–C–N with tert-alkyl or cyclic N) is 1. The Morgan fingerprint density at radius 1 is 1.61 bits per heavy atom. The van der Waals surface area contributed by atoms with Gasteiger partial charge in [-0.15, -0.1) is 0 Å². The lowest BCUT2D eigenvalue weighted by atomic mass is 10.3.